The summed E-state index contributed by atoms with van der Waals surface area (Å²) < 4.78 is 0. The Morgan fingerprint density at radius 2 is 1.88 bits per heavy atom. The fourth-order valence-corrected chi connectivity index (χ4v) is 3.02. The van der Waals surface area contributed by atoms with Gasteiger partial charge in [0, 0.05) is 29.2 Å². The van der Waals surface area contributed by atoms with E-state index in [1.54, 1.807) is 6.08 Å². The molecular formula is C21H23ClN2O2. The molecule has 0 spiro atoms. The maximum atomic E-state index is 10.5. The summed E-state index contributed by atoms with van der Waals surface area (Å²) >= 11 is 0. The van der Waals surface area contributed by atoms with E-state index in [0.29, 0.717) is 0 Å². The van der Waals surface area contributed by atoms with Gasteiger partial charge in [0.1, 0.15) is 0 Å². The normalized spacial score (nSPS) is 11.0. The van der Waals surface area contributed by atoms with Crippen LogP contribution in [0.3, 0.4) is 0 Å². The van der Waals surface area contributed by atoms with Gasteiger partial charge in [0.25, 0.3) is 0 Å². The number of H-pyrrole nitrogens is 1. The van der Waals surface area contributed by atoms with Crippen LogP contribution in [-0.2, 0) is 17.8 Å². The summed E-state index contributed by atoms with van der Waals surface area (Å²) in [6.45, 7) is 3.83. The molecule has 1 heterocycles. The summed E-state index contributed by atoms with van der Waals surface area (Å²) in [5.41, 5.74) is 5.87. The van der Waals surface area contributed by atoms with Crippen molar-refractivity contribution in [3.8, 4) is 0 Å². The number of carboxylic acids is 1. The number of hydrogen-bond donors (Lipinski definition) is 3. The first-order chi connectivity index (χ1) is 12.1. The van der Waals surface area contributed by atoms with Crippen LogP contribution in [-0.4, -0.2) is 22.6 Å². The highest BCUT2D eigenvalue weighted by Crippen LogP contribution is 2.21. The first-order valence-electron chi connectivity index (χ1n) is 8.40. The van der Waals surface area contributed by atoms with Crippen molar-refractivity contribution in [3.63, 3.8) is 0 Å². The van der Waals surface area contributed by atoms with E-state index in [4.69, 9.17) is 5.11 Å². The zero-order valence-corrected chi connectivity index (χ0v) is 15.5. The number of aryl methyl sites for hydroxylation is 1. The van der Waals surface area contributed by atoms with E-state index in [0.717, 1.165) is 31.1 Å². The minimum absolute atomic E-state index is 0. The van der Waals surface area contributed by atoms with Gasteiger partial charge in [-0.2, -0.15) is 0 Å². The van der Waals surface area contributed by atoms with Crippen molar-refractivity contribution < 1.29 is 9.90 Å². The standard InChI is InChI=1S/C21H22N2O2.ClH/c1-15-18(19-4-2-3-5-20(19)23-15)12-13-22-14-17-8-6-16(7-9-17)10-11-21(24)25;/h2-11,22-23H,12-14H2,1H3,(H,24,25);1H/b11-10+;. The molecule has 0 aliphatic rings. The Balaban J connectivity index is 0.00000243. The number of aromatic amines is 1. The number of hydrogen-bond acceptors (Lipinski definition) is 2. The van der Waals surface area contributed by atoms with Crippen LogP contribution in [0.4, 0.5) is 0 Å². The number of carboxylic acid groups (broad SMARTS) is 1. The van der Waals surface area contributed by atoms with E-state index in [1.165, 1.54) is 27.7 Å². The molecule has 0 aliphatic heterocycles. The van der Waals surface area contributed by atoms with Gasteiger partial charge in [-0.25, -0.2) is 4.79 Å². The molecule has 3 N–H and O–H groups in total. The van der Waals surface area contributed by atoms with Crippen LogP contribution in [0.1, 0.15) is 22.4 Å². The number of nitrogens with one attached hydrogen (secondary N) is 2. The Labute approximate surface area is 159 Å². The molecule has 26 heavy (non-hydrogen) atoms. The molecule has 136 valence electrons. The summed E-state index contributed by atoms with van der Waals surface area (Å²) in [7, 11) is 0. The summed E-state index contributed by atoms with van der Waals surface area (Å²) in [6, 6.07) is 16.3. The zero-order chi connectivity index (χ0) is 17.6. The molecule has 0 saturated carbocycles. The largest absolute Gasteiger partial charge is 0.478 e. The molecule has 2 aromatic carbocycles. The van der Waals surface area contributed by atoms with E-state index >= 15 is 0 Å². The Bertz CT molecular complexity index is 898. The number of carbonyl (C=O) groups is 1. The second kappa shape index (κ2) is 9.22. The third-order valence-corrected chi connectivity index (χ3v) is 4.31. The lowest BCUT2D eigenvalue weighted by Crippen LogP contribution is -2.16. The quantitative estimate of drug-likeness (QED) is 0.428. The van der Waals surface area contributed by atoms with Gasteiger partial charge < -0.3 is 15.4 Å². The highest BCUT2D eigenvalue weighted by atomic mass is 35.5. The van der Waals surface area contributed by atoms with Crippen molar-refractivity contribution in [3.05, 3.63) is 77.0 Å². The van der Waals surface area contributed by atoms with Crippen LogP contribution in [0, 0.1) is 6.92 Å². The van der Waals surface area contributed by atoms with Crippen LogP contribution in [0.25, 0.3) is 17.0 Å². The lowest BCUT2D eigenvalue weighted by Gasteiger charge is -2.06. The van der Waals surface area contributed by atoms with E-state index in [1.807, 2.05) is 24.3 Å². The maximum Gasteiger partial charge on any atom is 0.328 e. The molecule has 0 unspecified atom stereocenters. The molecule has 0 bridgehead atoms. The summed E-state index contributed by atoms with van der Waals surface area (Å²) in [4.78, 5) is 14.0. The Morgan fingerprint density at radius 3 is 2.62 bits per heavy atom. The van der Waals surface area contributed by atoms with Gasteiger partial charge in [-0.15, -0.1) is 12.4 Å². The molecule has 5 heteroatoms. The number of fused-ring (bicyclic) bond motifs is 1. The number of aliphatic carboxylic acids is 1. The third kappa shape index (κ3) is 4.97. The molecular weight excluding hydrogens is 348 g/mol. The lowest BCUT2D eigenvalue weighted by atomic mass is 10.1. The molecule has 3 aromatic rings. The molecule has 1 aromatic heterocycles. The first-order valence-corrected chi connectivity index (χ1v) is 8.40. The van der Waals surface area contributed by atoms with Gasteiger partial charge in [-0.1, -0.05) is 42.5 Å². The molecule has 3 rings (SSSR count). The highest BCUT2D eigenvalue weighted by molar-refractivity contribution is 5.86. The van der Waals surface area contributed by atoms with Crippen LogP contribution < -0.4 is 5.32 Å². The van der Waals surface area contributed by atoms with E-state index in [2.05, 4.69) is 41.5 Å². The van der Waals surface area contributed by atoms with Crippen LogP contribution in [0.2, 0.25) is 0 Å². The SMILES string of the molecule is Cc1[nH]c2ccccc2c1CCNCc1ccc(/C=C/C(=O)O)cc1.Cl. The summed E-state index contributed by atoms with van der Waals surface area (Å²) in [5.74, 6) is -0.932. The lowest BCUT2D eigenvalue weighted by molar-refractivity contribution is -0.131. The number of halogens is 1. The van der Waals surface area contributed by atoms with Crippen LogP contribution in [0.5, 0.6) is 0 Å². The van der Waals surface area contributed by atoms with Gasteiger partial charge in [-0.3, -0.25) is 0 Å². The molecule has 0 fully saturated rings. The van der Waals surface area contributed by atoms with Gasteiger partial charge >= 0.3 is 5.97 Å². The summed E-state index contributed by atoms with van der Waals surface area (Å²) in [5, 5.41) is 13.4. The van der Waals surface area contributed by atoms with Crippen molar-refractivity contribution in [1.29, 1.82) is 0 Å². The molecule has 0 radical (unpaired) electrons. The van der Waals surface area contributed by atoms with Crippen molar-refractivity contribution in [2.24, 2.45) is 0 Å². The fraction of sp³-hybridized carbons (Fsp3) is 0.190. The van der Waals surface area contributed by atoms with Gasteiger partial charge in [0.15, 0.2) is 0 Å². The third-order valence-electron chi connectivity index (χ3n) is 4.31. The van der Waals surface area contributed by atoms with Crippen molar-refractivity contribution >= 4 is 35.4 Å². The van der Waals surface area contributed by atoms with Gasteiger partial charge in [0.05, 0.1) is 0 Å². The Morgan fingerprint density at radius 1 is 1.15 bits per heavy atom. The van der Waals surface area contributed by atoms with Crippen molar-refractivity contribution in [1.82, 2.24) is 10.3 Å². The number of aromatic nitrogens is 1. The number of benzene rings is 2. The van der Waals surface area contributed by atoms with E-state index in [9.17, 15) is 4.79 Å². The Kier molecular flexibility index (Phi) is 7.01. The minimum Gasteiger partial charge on any atom is -0.478 e. The number of rotatable bonds is 7. The topological polar surface area (TPSA) is 65.1 Å². The Hall–Kier alpha value is -2.56. The number of para-hydroxylation sites is 1. The molecule has 4 nitrogen and oxygen atoms in total. The van der Waals surface area contributed by atoms with E-state index < -0.39 is 5.97 Å². The minimum atomic E-state index is -0.932. The fourth-order valence-electron chi connectivity index (χ4n) is 3.02. The summed E-state index contributed by atoms with van der Waals surface area (Å²) in [6.07, 6.45) is 3.73. The second-order valence-electron chi connectivity index (χ2n) is 6.11. The molecule has 0 atom stereocenters. The average molecular weight is 371 g/mol. The molecule has 0 aliphatic carbocycles. The van der Waals surface area contributed by atoms with Crippen molar-refractivity contribution in [2.75, 3.05) is 6.54 Å². The van der Waals surface area contributed by atoms with Gasteiger partial charge in [-0.05, 0) is 48.7 Å². The predicted octanol–water partition coefficient (Wildman–Crippen LogP) is 4.33. The smallest absolute Gasteiger partial charge is 0.328 e. The van der Waals surface area contributed by atoms with Crippen LogP contribution in [0.15, 0.2) is 54.6 Å². The average Bonchev–Trinajstić information content (AvgIpc) is 2.93. The maximum absolute atomic E-state index is 10.5. The van der Waals surface area contributed by atoms with E-state index in [-0.39, 0.29) is 12.4 Å². The zero-order valence-electron chi connectivity index (χ0n) is 14.7. The predicted molar refractivity (Wildman–Crippen MR) is 109 cm³/mol. The first kappa shape index (κ1) is 19.8. The van der Waals surface area contributed by atoms with Crippen LogP contribution >= 0.6 is 12.4 Å². The van der Waals surface area contributed by atoms with Gasteiger partial charge in [0.2, 0.25) is 0 Å². The van der Waals surface area contributed by atoms with Crippen molar-refractivity contribution in [2.45, 2.75) is 19.9 Å². The highest BCUT2D eigenvalue weighted by Gasteiger charge is 2.07. The molecule has 0 saturated heterocycles. The monoisotopic (exact) mass is 370 g/mol. The molecule has 0 amide bonds. The second-order valence-corrected chi connectivity index (χ2v) is 6.11.